The molecule has 1 fully saturated rings. The number of nitrogens with zero attached hydrogens (tertiary/aromatic N) is 2. The second-order valence-electron chi connectivity index (χ2n) is 3.25. The lowest BCUT2D eigenvalue weighted by Crippen LogP contribution is -2.30. The van der Waals surface area contributed by atoms with E-state index >= 15 is 0 Å². The van der Waals surface area contributed by atoms with Crippen LogP contribution in [0.25, 0.3) is 0 Å². The second kappa shape index (κ2) is 3.08. The minimum atomic E-state index is -0.844. The lowest BCUT2D eigenvalue weighted by Gasteiger charge is -2.16. The van der Waals surface area contributed by atoms with Gasteiger partial charge in [-0.1, -0.05) is 0 Å². The molecule has 1 saturated carbocycles. The van der Waals surface area contributed by atoms with Crippen molar-refractivity contribution in [2.45, 2.75) is 25.4 Å². The van der Waals surface area contributed by atoms with Crippen LogP contribution in [0.3, 0.4) is 0 Å². The molecule has 70 valence electrons. The van der Waals surface area contributed by atoms with Gasteiger partial charge in [0.25, 0.3) is 0 Å². The van der Waals surface area contributed by atoms with Gasteiger partial charge < -0.3 is 10.0 Å². The van der Waals surface area contributed by atoms with E-state index < -0.39 is 6.09 Å². The molecule has 0 unspecified atom stereocenters. The molecular formula is C8H11N3O2. The Morgan fingerprint density at radius 2 is 2.54 bits per heavy atom. The summed E-state index contributed by atoms with van der Waals surface area (Å²) in [5.41, 5.74) is 0.911. The number of nitrogens with one attached hydrogen (secondary N) is 1. The Morgan fingerprint density at radius 1 is 1.77 bits per heavy atom. The van der Waals surface area contributed by atoms with E-state index in [0.29, 0.717) is 6.54 Å². The van der Waals surface area contributed by atoms with Gasteiger partial charge in [-0.25, -0.2) is 4.79 Å². The van der Waals surface area contributed by atoms with Crippen molar-refractivity contribution in [2.24, 2.45) is 0 Å². The lowest BCUT2D eigenvalue weighted by molar-refractivity contribution is 0.139. The largest absolute Gasteiger partial charge is 0.465 e. The molecule has 13 heavy (non-hydrogen) atoms. The average molecular weight is 181 g/mol. The highest BCUT2D eigenvalue weighted by Gasteiger charge is 2.32. The molecule has 1 aromatic rings. The molecule has 5 heteroatoms. The monoisotopic (exact) mass is 181 g/mol. The minimum Gasteiger partial charge on any atom is -0.465 e. The standard InChI is InChI=1S/C8H11N3O2/c12-8(13)11(7-1-2-7)5-6-3-9-10-4-6/h3-4,7H,1-2,5H2,(H,9,10)(H,12,13). The van der Waals surface area contributed by atoms with E-state index in [1.165, 1.54) is 4.90 Å². The summed E-state index contributed by atoms with van der Waals surface area (Å²) in [6.45, 7) is 0.441. The molecule has 0 aromatic carbocycles. The summed E-state index contributed by atoms with van der Waals surface area (Å²) in [6, 6.07) is 0.229. The number of carboxylic acid groups (broad SMARTS) is 1. The first-order valence-electron chi connectivity index (χ1n) is 4.24. The van der Waals surface area contributed by atoms with Crippen molar-refractivity contribution in [1.29, 1.82) is 0 Å². The molecule has 0 bridgehead atoms. The Hall–Kier alpha value is -1.52. The van der Waals surface area contributed by atoms with E-state index in [-0.39, 0.29) is 6.04 Å². The van der Waals surface area contributed by atoms with Crippen LogP contribution in [0.2, 0.25) is 0 Å². The number of H-pyrrole nitrogens is 1. The summed E-state index contributed by atoms with van der Waals surface area (Å²) < 4.78 is 0. The van der Waals surface area contributed by atoms with E-state index in [1.807, 2.05) is 0 Å². The van der Waals surface area contributed by atoms with Crippen LogP contribution in [-0.2, 0) is 6.54 Å². The number of hydrogen-bond donors (Lipinski definition) is 2. The van der Waals surface area contributed by atoms with Gasteiger partial charge in [0.2, 0.25) is 0 Å². The maximum atomic E-state index is 10.8. The first-order chi connectivity index (χ1) is 6.27. The number of aromatic amines is 1. The summed E-state index contributed by atoms with van der Waals surface area (Å²) in [4.78, 5) is 12.3. The quantitative estimate of drug-likeness (QED) is 0.732. The van der Waals surface area contributed by atoms with Crippen LogP contribution in [0, 0.1) is 0 Å². The zero-order chi connectivity index (χ0) is 9.26. The molecule has 1 aromatic heterocycles. The molecule has 2 rings (SSSR count). The fourth-order valence-electron chi connectivity index (χ4n) is 1.30. The number of hydrogen-bond acceptors (Lipinski definition) is 2. The van der Waals surface area contributed by atoms with Crippen LogP contribution in [0.4, 0.5) is 4.79 Å². The molecule has 5 nitrogen and oxygen atoms in total. The van der Waals surface area contributed by atoms with Gasteiger partial charge in [-0.05, 0) is 12.8 Å². The van der Waals surface area contributed by atoms with Crippen LogP contribution in [0.15, 0.2) is 12.4 Å². The van der Waals surface area contributed by atoms with Crippen molar-refractivity contribution in [1.82, 2.24) is 15.1 Å². The normalized spacial score (nSPS) is 15.7. The van der Waals surface area contributed by atoms with Gasteiger partial charge in [0.1, 0.15) is 0 Å². The highest BCUT2D eigenvalue weighted by Crippen LogP contribution is 2.28. The van der Waals surface area contributed by atoms with Gasteiger partial charge in [-0.2, -0.15) is 5.10 Å². The SMILES string of the molecule is O=C(O)N(Cc1cn[nH]c1)C1CC1. The van der Waals surface area contributed by atoms with Crippen molar-refractivity contribution >= 4 is 6.09 Å². The minimum absolute atomic E-state index is 0.229. The number of amides is 1. The molecule has 0 atom stereocenters. The van der Waals surface area contributed by atoms with Gasteiger partial charge in [0, 0.05) is 17.8 Å². The van der Waals surface area contributed by atoms with Crippen LogP contribution < -0.4 is 0 Å². The van der Waals surface area contributed by atoms with Gasteiger partial charge in [0.15, 0.2) is 0 Å². The molecule has 1 aliphatic carbocycles. The molecule has 0 radical (unpaired) electrons. The van der Waals surface area contributed by atoms with Gasteiger partial charge in [-0.15, -0.1) is 0 Å². The third-order valence-corrected chi connectivity index (χ3v) is 2.14. The highest BCUT2D eigenvalue weighted by molar-refractivity contribution is 5.65. The van der Waals surface area contributed by atoms with Crippen molar-refractivity contribution in [2.75, 3.05) is 0 Å². The van der Waals surface area contributed by atoms with E-state index in [1.54, 1.807) is 12.4 Å². The number of aromatic nitrogens is 2. The summed E-state index contributed by atoms with van der Waals surface area (Å²) in [5, 5.41) is 15.3. The molecule has 0 saturated heterocycles. The Kier molecular flexibility index (Phi) is 1.92. The second-order valence-corrected chi connectivity index (χ2v) is 3.25. The molecule has 0 aliphatic heterocycles. The van der Waals surface area contributed by atoms with E-state index in [4.69, 9.17) is 5.11 Å². The lowest BCUT2D eigenvalue weighted by atomic mass is 10.3. The van der Waals surface area contributed by atoms with Crippen LogP contribution in [0.1, 0.15) is 18.4 Å². The molecule has 0 spiro atoms. The van der Waals surface area contributed by atoms with Crippen molar-refractivity contribution < 1.29 is 9.90 Å². The maximum Gasteiger partial charge on any atom is 0.407 e. The summed E-state index contributed by atoms with van der Waals surface area (Å²) in [6.07, 6.45) is 4.51. The van der Waals surface area contributed by atoms with E-state index in [0.717, 1.165) is 18.4 Å². The van der Waals surface area contributed by atoms with Crippen molar-refractivity contribution in [3.63, 3.8) is 0 Å². The Bertz CT molecular complexity index is 292. The third kappa shape index (κ3) is 1.80. The average Bonchev–Trinajstić information content (AvgIpc) is 2.79. The van der Waals surface area contributed by atoms with E-state index in [9.17, 15) is 4.79 Å². The zero-order valence-corrected chi connectivity index (χ0v) is 7.10. The highest BCUT2D eigenvalue weighted by atomic mass is 16.4. The zero-order valence-electron chi connectivity index (χ0n) is 7.10. The maximum absolute atomic E-state index is 10.8. The number of rotatable bonds is 3. The van der Waals surface area contributed by atoms with Crippen LogP contribution in [0.5, 0.6) is 0 Å². The van der Waals surface area contributed by atoms with Gasteiger partial charge in [0.05, 0.1) is 12.7 Å². The first kappa shape index (κ1) is 8.10. The molecular weight excluding hydrogens is 170 g/mol. The predicted molar refractivity (Wildman–Crippen MR) is 45.2 cm³/mol. The summed E-state index contributed by atoms with van der Waals surface area (Å²) >= 11 is 0. The van der Waals surface area contributed by atoms with Crippen molar-refractivity contribution in [3.05, 3.63) is 18.0 Å². The molecule has 1 aliphatic rings. The fraction of sp³-hybridized carbons (Fsp3) is 0.500. The Balaban J connectivity index is 2.01. The van der Waals surface area contributed by atoms with Crippen LogP contribution >= 0.6 is 0 Å². The third-order valence-electron chi connectivity index (χ3n) is 2.14. The predicted octanol–water partition coefficient (Wildman–Crippen LogP) is 1.05. The topological polar surface area (TPSA) is 69.2 Å². The molecule has 1 heterocycles. The summed E-state index contributed by atoms with van der Waals surface area (Å²) in [7, 11) is 0. The van der Waals surface area contributed by atoms with Crippen LogP contribution in [-0.4, -0.2) is 32.3 Å². The van der Waals surface area contributed by atoms with Crippen molar-refractivity contribution in [3.8, 4) is 0 Å². The van der Waals surface area contributed by atoms with Gasteiger partial charge in [-0.3, -0.25) is 5.10 Å². The summed E-state index contributed by atoms with van der Waals surface area (Å²) in [5.74, 6) is 0. The van der Waals surface area contributed by atoms with E-state index in [2.05, 4.69) is 10.2 Å². The Morgan fingerprint density at radius 3 is 3.00 bits per heavy atom. The molecule has 2 N–H and O–H groups in total. The molecule has 1 amide bonds. The fourth-order valence-corrected chi connectivity index (χ4v) is 1.30. The van der Waals surface area contributed by atoms with Gasteiger partial charge >= 0.3 is 6.09 Å². The Labute approximate surface area is 75.4 Å². The number of carbonyl (C=O) groups is 1. The smallest absolute Gasteiger partial charge is 0.407 e. The first-order valence-corrected chi connectivity index (χ1v) is 4.24.